The van der Waals surface area contributed by atoms with Gasteiger partial charge in [0.15, 0.2) is 0 Å². The molecule has 0 radical (unpaired) electrons. The molecule has 0 aliphatic carbocycles. The first-order valence-corrected chi connectivity index (χ1v) is 2.95. The van der Waals surface area contributed by atoms with Crippen LogP contribution >= 0.6 is 8.69 Å². The van der Waals surface area contributed by atoms with Gasteiger partial charge in [0.2, 0.25) is 0 Å². The Bertz CT molecular complexity index is 58.0. The third-order valence-corrected chi connectivity index (χ3v) is 0.715. The Labute approximate surface area is 66.2 Å². The maximum absolute atomic E-state index is 9.58. The van der Waals surface area contributed by atoms with Gasteiger partial charge in [-0.1, -0.05) is 13.8 Å². The molecule has 0 fully saturated rings. The molecule has 0 saturated heterocycles. The van der Waals surface area contributed by atoms with E-state index in [2.05, 4.69) is 4.52 Å². The van der Waals surface area contributed by atoms with Gasteiger partial charge >= 0.3 is 8.69 Å². The molecule has 4 heteroatoms. The molecule has 2 nitrogen and oxygen atoms in total. The third kappa shape index (κ3) is 9.91. The van der Waals surface area contributed by atoms with Crippen molar-refractivity contribution in [1.82, 2.24) is 0 Å². The summed E-state index contributed by atoms with van der Waals surface area (Å²) in [5.74, 6) is 0.474. The summed E-state index contributed by atoms with van der Waals surface area (Å²) in [4.78, 5) is 0. The second-order valence-corrected chi connectivity index (χ2v) is 2.17. The molecule has 0 bridgehead atoms. The molecular formula is C4H9O2PTi. The number of rotatable bonds is 3. The van der Waals surface area contributed by atoms with Crippen molar-refractivity contribution in [3.63, 3.8) is 0 Å². The molecule has 0 spiro atoms. The summed E-state index contributed by atoms with van der Waals surface area (Å²) in [6.45, 7) is 4.58. The second kappa shape index (κ2) is 7.77. The molecule has 0 atom stereocenters. The van der Waals surface area contributed by atoms with E-state index >= 15 is 0 Å². The molecule has 0 aliphatic heterocycles. The first kappa shape index (κ1) is 11.6. The van der Waals surface area contributed by atoms with Gasteiger partial charge in [-0.3, -0.25) is 4.52 Å². The van der Waals surface area contributed by atoms with E-state index in [0.29, 0.717) is 12.5 Å². The molecular weight excluding hydrogens is 159 g/mol. The van der Waals surface area contributed by atoms with Gasteiger partial charge in [-0.25, -0.2) is 4.57 Å². The van der Waals surface area contributed by atoms with E-state index < -0.39 is 0 Å². The summed E-state index contributed by atoms with van der Waals surface area (Å²) in [6, 6.07) is 0. The van der Waals surface area contributed by atoms with E-state index in [0.717, 1.165) is 0 Å². The predicted molar refractivity (Wildman–Crippen MR) is 28.4 cm³/mol. The fourth-order valence-corrected chi connectivity index (χ4v) is 0.539. The molecule has 0 aromatic heterocycles. The smallest absolute Gasteiger partial charge is 0.294 e. The van der Waals surface area contributed by atoms with Gasteiger partial charge in [-0.05, 0) is 5.92 Å². The number of hydrogen-bond donors (Lipinski definition) is 0. The van der Waals surface area contributed by atoms with Gasteiger partial charge in [0.1, 0.15) is 0 Å². The summed E-state index contributed by atoms with van der Waals surface area (Å²) in [7, 11) is -0.210. The maximum Gasteiger partial charge on any atom is 0.327 e. The zero-order valence-electron chi connectivity index (χ0n) is 5.05. The molecule has 0 unspecified atom stereocenters. The first-order valence-electron chi connectivity index (χ1n) is 2.22. The SMILES string of the molecule is CC(C)COP=O.[Ti]. The average molecular weight is 168 g/mol. The largest absolute Gasteiger partial charge is 0.327 e. The molecule has 8 heavy (non-hydrogen) atoms. The van der Waals surface area contributed by atoms with Crippen LogP contribution in [0.2, 0.25) is 0 Å². The zero-order valence-corrected chi connectivity index (χ0v) is 7.50. The van der Waals surface area contributed by atoms with Crippen molar-refractivity contribution < 1.29 is 30.8 Å². The van der Waals surface area contributed by atoms with Crippen LogP contribution in [-0.4, -0.2) is 6.61 Å². The fraction of sp³-hybridized carbons (Fsp3) is 1.00. The molecule has 0 saturated carbocycles. The Morgan fingerprint density at radius 2 is 2.12 bits per heavy atom. The minimum atomic E-state index is -0.210. The van der Waals surface area contributed by atoms with Crippen molar-refractivity contribution in [3.05, 3.63) is 0 Å². The van der Waals surface area contributed by atoms with Gasteiger partial charge in [0.25, 0.3) is 0 Å². The summed E-state index contributed by atoms with van der Waals surface area (Å²) in [5, 5.41) is 0. The molecule has 0 rings (SSSR count). The maximum atomic E-state index is 9.58. The molecule has 0 amide bonds. The van der Waals surface area contributed by atoms with Crippen LogP contribution in [0, 0.1) is 5.92 Å². The Balaban J connectivity index is 0. The normalized spacial score (nSPS) is 9.38. The minimum absolute atomic E-state index is 0. The Morgan fingerprint density at radius 1 is 1.62 bits per heavy atom. The van der Waals surface area contributed by atoms with Crippen molar-refractivity contribution >= 4 is 8.69 Å². The van der Waals surface area contributed by atoms with Gasteiger partial charge in [-0.2, -0.15) is 0 Å². The van der Waals surface area contributed by atoms with E-state index in [1.165, 1.54) is 0 Å². The van der Waals surface area contributed by atoms with Crippen molar-refractivity contribution in [2.75, 3.05) is 6.61 Å². The standard InChI is InChI=1S/C4H9O2P.Ti/c1-4(2)3-6-7-5;/h4H,3H2,1-2H3;. The monoisotopic (exact) mass is 168 g/mol. The molecule has 0 N–H and O–H groups in total. The summed E-state index contributed by atoms with van der Waals surface area (Å²) < 4.78 is 14.1. The quantitative estimate of drug-likeness (QED) is 0.474. The van der Waals surface area contributed by atoms with Crippen molar-refractivity contribution in [1.29, 1.82) is 0 Å². The zero-order chi connectivity index (χ0) is 5.70. The molecule has 0 aromatic rings. The Morgan fingerprint density at radius 3 is 2.25 bits per heavy atom. The van der Waals surface area contributed by atoms with E-state index in [9.17, 15) is 4.57 Å². The van der Waals surface area contributed by atoms with E-state index in [4.69, 9.17) is 0 Å². The Kier molecular flexibility index (Phi) is 11.2. The van der Waals surface area contributed by atoms with E-state index in [1.807, 2.05) is 13.8 Å². The third-order valence-electron chi connectivity index (χ3n) is 0.461. The van der Waals surface area contributed by atoms with E-state index in [-0.39, 0.29) is 30.4 Å². The van der Waals surface area contributed by atoms with Crippen LogP contribution in [-0.2, 0) is 30.8 Å². The van der Waals surface area contributed by atoms with Gasteiger partial charge in [-0.15, -0.1) is 0 Å². The van der Waals surface area contributed by atoms with Crippen LogP contribution in [0.4, 0.5) is 0 Å². The van der Waals surface area contributed by atoms with Crippen molar-refractivity contribution in [2.24, 2.45) is 5.92 Å². The number of hydrogen-bond acceptors (Lipinski definition) is 2. The van der Waals surface area contributed by atoms with Crippen LogP contribution in [0.15, 0.2) is 0 Å². The van der Waals surface area contributed by atoms with Crippen LogP contribution in [0.1, 0.15) is 13.8 Å². The molecule has 46 valence electrons. The Hall–Kier alpha value is 0.774. The average Bonchev–Trinajstić information content (AvgIpc) is 1.61. The first-order chi connectivity index (χ1) is 3.27. The predicted octanol–water partition coefficient (Wildman–Crippen LogP) is 1.86. The van der Waals surface area contributed by atoms with Gasteiger partial charge < -0.3 is 0 Å². The van der Waals surface area contributed by atoms with Crippen LogP contribution in [0.25, 0.3) is 0 Å². The minimum Gasteiger partial charge on any atom is -0.294 e. The second-order valence-electron chi connectivity index (χ2n) is 1.76. The van der Waals surface area contributed by atoms with Gasteiger partial charge in [0, 0.05) is 21.7 Å². The van der Waals surface area contributed by atoms with Gasteiger partial charge in [0.05, 0.1) is 6.61 Å². The summed E-state index contributed by atoms with van der Waals surface area (Å²) in [6.07, 6.45) is 0. The topological polar surface area (TPSA) is 26.3 Å². The van der Waals surface area contributed by atoms with E-state index in [1.54, 1.807) is 0 Å². The van der Waals surface area contributed by atoms with Crippen molar-refractivity contribution in [2.45, 2.75) is 13.8 Å². The molecule has 0 heterocycles. The summed E-state index contributed by atoms with van der Waals surface area (Å²) in [5.41, 5.74) is 0. The van der Waals surface area contributed by atoms with Crippen LogP contribution < -0.4 is 0 Å². The molecule has 0 aliphatic rings. The van der Waals surface area contributed by atoms with Crippen LogP contribution in [0.3, 0.4) is 0 Å². The fourth-order valence-electron chi connectivity index (χ4n) is 0.180. The van der Waals surface area contributed by atoms with Crippen LogP contribution in [0.5, 0.6) is 0 Å². The van der Waals surface area contributed by atoms with Crippen molar-refractivity contribution in [3.8, 4) is 0 Å². The summed E-state index contributed by atoms with van der Waals surface area (Å²) >= 11 is 0. The molecule has 0 aromatic carbocycles.